The number of carboxylic acids is 1. The highest BCUT2D eigenvalue weighted by Crippen LogP contribution is 2.56. The molecule has 1 N–H and O–H groups in total. The summed E-state index contributed by atoms with van der Waals surface area (Å²) in [6.07, 6.45) is 4.57. The monoisotopic (exact) mass is 267 g/mol. The number of rotatable bonds is 3. The fourth-order valence-electron chi connectivity index (χ4n) is 3.81. The predicted molar refractivity (Wildman–Crippen MR) is 67.5 cm³/mol. The SMILES string of the molecule is O=C(O)C[C@@H]1CN(C(=O)C2[C@@H]3CCCC[C@@H]23)CCO1. The number of nitrogens with zero attached hydrogens (tertiary/aromatic N) is 1. The molecule has 2 aliphatic carbocycles. The molecule has 1 amide bonds. The van der Waals surface area contributed by atoms with Crippen LogP contribution in [0.15, 0.2) is 0 Å². The molecule has 5 heteroatoms. The molecule has 3 fully saturated rings. The minimum absolute atomic E-state index is 0.0126. The van der Waals surface area contributed by atoms with Gasteiger partial charge >= 0.3 is 5.97 Å². The summed E-state index contributed by atoms with van der Waals surface area (Å²) in [5.41, 5.74) is 0. The largest absolute Gasteiger partial charge is 0.481 e. The number of aliphatic carboxylic acids is 1. The van der Waals surface area contributed by atoms with Gasteiger partial charge in [-0.2, -0.15) is 0 Å². The molecular formula is C14H21NO4. The van der Waals surface area contributed by atoms with E-state index in [1.807, 2.05) is 4.90 Å². The predicted octanol–water partition coefficient (Wildman–Crippen LogP) is 1.12. The van der Waals surface area contributed by atoms with Gasteiger partial charge < -0.3 is 14.7 Å². The van der Waals surface area contributed by atoms with Gasteiger partial charge in [-0.3, -0.25) is 9.59 Å². The Balaban J connectivity index is 1.56. The normalized spacial score (nSPS) is 37.6. The molecule has 5 nitrogen and oxygen atoms in total. The minimum atomic E-state index is -0.862. The van der Waals surface area contributed by atoms with Crippen LogP contribution in [0, 0.1) is 17.8 Å². The smallest absolute Gasteiger partial charge is 0.306 e. The zero-order valence-electron chi connectivity index (χ0n) is 11.1. The first-order valence-corrected chi connectivity index (χ1v) is 7.29. The molecule has 1 heterocycles. The van der Waals surface area contributed by atoms with Crippen molar-refractivity contribution in [2.45, 2.75) is 38.2 Å². The van der Waals surface area contributed by atoms with Crippen LogP contribution in [0.1, 0.15) is 32.1 Å². The van der Waals surface area contributed by atoms with Gasteiger partial charge in [0.25, 0.3) is 0 Å². The lowest BCUT2D eigenvalue weighted by Gasteiger charge is -2.32. The lowest BCUT2D eigenvalue weighted by molar-refractivity contribution is -0.148. The van der Waals surface area contributed by atoms with Crippen molar-refractivity contribution in [3.8, 4) is 0 Å². The molecule has 0 aromatic carbocycles. The van der Waals surface area contributed by atoms with Crippen molar-refractivity contribution in [2.24, 2.45) is 17.8 Å². The third-order valence-corrected chi connectivity index (χ3v) is 4.79. The fourth-order valence-corrected chi connectivity index (χ4v) is 3.81. The van der Waals surface area contributed by atoms with Crippen LogP contribution < -0.4 is 0 Å². The number of morpholine rings is 1. The maximum Gasteiger partial charge on any atom is 0.306 e. The third-order valence-electron chi connectivity index (χ3n) is 4.79. The number of hydrogen-bond acceptors (Lipinski definition) is 3. The summed E-state index contributed by atoms with van der Waals surface area (Å²) < 4.78 is 5.41. The van der Waals surface area contributed by atoms with Crippen molar-refractivity contribution in [2.75, 3.05) is 19.7 Å². The molecule has 0 aromatic heterocycles. The van der Waals surface area contributed by atoms with Crippen molar-refractivity contribution in [3.05, 3.63) is 0 Å². The van der Waals surface area contributed by atoms with Crippen molar-refractivity contribution in [1.29, 1.82) is 0 Å². The van der Waals surface area contributed by atoms with Crippen LogP contribution in [0.3, 0.4) is 0 Å². The highest BCUT2D eigenvalue weighted by molar-refractivity contribution is 5.82. The van der Waals surface area contributed by atoms with E-state index in [1.54, 1.807) is 0 Å². The standard InChI is InChI=1S/C14H21NO4/c16-12(17)7-9-8-15(5-6-19-9)14(18)13-10-3-1-2-4-11(10)13/h9-11,13H,1-8H2,(H,16,17)/t9-,10-,11-/m1/s1. The molecule has 1 aliphatic heterocycles. The molecule has 0 unspecified atom stereocenters. The number of carbonyl (C=O) groups is 2. The number of carboxylic acid groups (broad SMARTS) is 1. The van der Waals surface area contributed by atoms with Gasteiger partial charge in [-0.05, 0) is 24.7 Å². The average Bonchev–Trinajstić information content (AvgIpc) is 3.11. The maximum absolute atomic E-state index is 12.5. The van der Waals surface area contributed by atoms with Crippen molar-refractivity contribution in [3.63, 3.8) is 0 Å². The molecule has 2 saturated carbocycles. The lowest BCUT2D eigenvalue weighted by atomic mass is 10.0. The van der Waals surface area contributed by atoms with Gasteiger partial charge in [0, 0.05) is 19.0 Å². The topological polar surface area (TPSA) is 66.8 Å². The average molecular weight is 267 g/mol. The molecule has 106 valence electrons. The van der Waals surface area contributed by atoms with E-state index in [4.69, 9.17) is 9.84 Å². The van der Waals surface area contributed by atoms with E-state index in [-0.39, 0.29) is 24.3 Å². The second-order valence-corrected chi connectivity index (χ2v) is 6.01. The van der Waals surface area contributed by atoms with Crippen LogP contribution >= 0.6 is 0 Å². The van der Waals surface area contributed by atoms with Crippen molar-refractivity contribution >= 4 is 11.9 Å². The van der Waals surface area contributed by atoms with E-state index in [0.29, 0.717) is 31.5 Å². The second-order valence-electron chi connectivity index (χ2n) is 6.01. The summed E-state index contributed by atoms with van der Waals surface area (Å²) in [5, 5.41) is 8.80. The summed E-state index contributed by atoms with van der Waals surface area (Å²) in [5.74, 6) is 0.838. The Morgan fingerprint density at radius 2 is 1.89 bits per heavy atom. The first kappa shape index (κ1) is 12.9. The highest BCUT2D eigenvalue weighted by atomic mass is 16.5. The summed E-state index contributed by atoms with van der Waals surface area (Å²) >= 11 is 0. The molecule has 19 heavy (non-hydrogen) atoms. The second kappa shape index (κ2) is 5.12. The molecular weight excluding hydrogens is 246 g/mol. The Morgan fingerprint density at radius 3 is 2.53 bits per heavy atom. The highest BCUT2D eigenvalue weighted by Gasteiger charge is 2.56. The van der Waals surface area contributed by atoms with Gasteiger partial charge in [0.1, 0.15) is 0 Å². The molecule has 0 bridgehead atoms. The van der Waals surface area contributed by atoms with Gasteiger partial charge in [0.05, 0.1) is 19.1 Å². The van der Waals surface area contributed by atoms with Crippen molar-refractivity contribution in [1.82, 2.24) is 4.90 Å². The summed E-state index contributed by atoms with van der Waals surface area (Å²) in [6.45, 7) is 1.53. The fraction of sp³-hybridized carbons (Fsp3) is 0.857. The maximum atomic E-state index is 12.5. The van der Waals surface area contributed by atoms with E-state index in [9.17, 15) is 9.59 Å². The Morgan fingerprint density at radius 1 is 1.21 bits per heavy atom. The summed E-state index contributed by atoms with van der Waals surface area (Å²) in [7, 11) is 0. The van der Waals surface area contributed by atoms with Crippen LogP contribution in [0.2, 0.25) is 0 Å². The Hall–Kier alpha value is -1.10. The van der Waals surface area contributed by atoms with Crippen LogP contribution in [-0.4, -0.2) is 47.7 Å². The summed E-state index contributed by atoms with van der Waals surface area (Å²) in [4.78, 5) is 25.0. The van der Waals surface area contributed by atoms with Crippen LogP contribution in [0.5, 0.6) is 0 Å². The Labute approximate surface area is 112 Å². The number of hydrogen-bond donors (Lipinski definition) is 1. The molecule has 3 atom stereocenters. The van der Waals surface area contributed by atoms with Gasteiger partial charge in [-0.25, -0.2) is 0 Å². The van der Waals surface area contributed by atoms with Gasteiger partial charge in [-0.1, -0.05) is 12.8 Å². The number of amides is 1. The molecule has 0 spiro atoms. The van der Waals surface area contributed by atoms with Crippen LogP contribution in [-0.2, 0) is 14.3 Å². The van der Waals surface area contributed by atoms with Crippen LogP contribution in [0.25, 0.3) is 0 Å². The quantitative estimate of drug-likeness (QED) is 0.832. The zero-order valence-corrected chi connectivity index (χ0v) is 11.1. The molecule has 3 rings (SSSR count). The molecule has 1 saturated heterocycles. The Bertz CT molecular complexity index is 372. The van der Waals surface area contributed by atoms with E-state index in [0.717, 1.165) is 0 Å². The summed E-state index contributed by atoms with van der Waals surface area (Å²) in [6, 6.07) is 0. The van der Waals surface area contributed by atoms with Gasteiger partial charge in [0.2, 0.25) is 5.91 Å². The number of fused-ring (bicyclic) bond motifs is 1. The van der Waals surface area contributed by atoms with E-state index in [2.05, 4.69) is 0 Å². The lowest BCUT2D eigenvalue weighted by Crippen LogP contribution is -2.47. The molecule has 3 aliphatic rings. The van der Waals surface area contributed by atoms with E-state index < -0.39 is 5.97 Å². The van der Waals surface area contributed by atoms with E-state index in [1.165, 1.54) is 25.7 Å². The first-order valence-electron chi connectivity index (χ1n) is 7.29. The first-order chi connectivity index (χ1) is 9.16. The van der Waals surface area contributed by atoms with Gasteiger partial charge in [0.15, 0.2) is 0 Å². The Kier molecular flexibility index (Phi) is 3.48. The van der Waals surface area contributed by atoms with E-state index >= 15 is 0 Å². The van der Waals surface area contributed by atoms with Crippen LogP contribution in [0.4, 0.5) is 0 Å². The van der Waals surface area contributed by atoms with Gasteiger partial charge in [-0.15, -0.1) is 0 Å². The number of ether oxygens (including phenoxy) is 1. The minimum Gasteiger partial charge on any atom is -0.481 e. The molecule has 0 radical (unpaired) electrons. The van der Waals surface area contributed by atoms with Crippen molar-refractivity contribution < 1.29 is 19.4 Å². The third kappa shape index (κ3) is 2.61. The number of carbonyl (C=O) groups excluding carboxylic acids is 1. The zero-order chi connectivity index (χ0) is 13.4. The molecule has 0 aromatic rings.